The van der Waals surface area contributed by atoms with Crippen LogP contribution in [0.25, 0.3) is 11.3 Å². The highest BCUT2D eigenvalue weighted by Gasteiger charge is 2.30. The molecule has 1 aromatic heterocycles. The molecule has 186 valence electrons. The van der Waals surface area contributed by atoms with E-state index in [1.165, 1.54) is 30.2 Å². The maximum Gasteiger partial charge on any atom is 0.416 e. The number of aryl methyl sites for hydroxylation is 2. The number of oxazole rings is 1. The van der Waals surface area contributed by atoms with Crippen LogP contribution < -0.4 is 4.74 Å². The average molecular weight is 507 g/mol. The molecule has 0 saturated carbocycles. The number of benzene rings is 2. The molecule has 1 heterocycles. The van der Waals surface area contributed by atoms with E-state index in [9.17, 15) is 22.9 Å². The van der Waals surface area contributed by atoms with E-state index >= 15 is 0 Å². The molecule has 3 rings (SSSR count). The van der Waals surface area contributed by atoms with Gasteiger partial charge in [-0.2, -0.15) is 13.2 Å². The standard InChI is InChI=1S/C25H25F3N2O4S/c1-15-12-21(16(2)11-18(15)13-24(3,4)22(31)30-32)33-9-10-35-23-29-20(14-34-23)17-5-7-19(8-6-17)25(26,27)28/h5-8,11-12,14H,9-10,13H2,1-4H3. The van der Waals surface area contributed by atoms with E-state index in [-0.39, 0.29) is 0 Å². The zero-order chi connectivity index (χ0) is 25.8. The molecule has 0 bridgehead atoms. The van der Waals surface area contributed by atoms with Crippen molar-refractivity contribution in [2.75, 3.05) is 12.4 Å². The van der Waals surface area contributed by atoms with Gasteiger partial charge in [0.05, 0.1) is 17.6 Å². The SMILES string of the molecule is Cc1cc(OCCSc2nc(-c3ccc(C(F)(F)F)cc3)co2)c(C)cc1CC(C)(C)C(=O)N=O. The minimum absolute atomic E-state index is 0.376. The number of nitroso groups, excluding NO2 is 1. The second-order valence-electron chi connectivity index (χ2n) is 8.77. The van der Waals surface area contributed by atoms with Crippen molar-refractivity contribution in [3.63, 3.8) is 0 Å². The predicted molar refractivity (Wildman–Crippen MR) is 127 cm³/mol. The van der Waals surface area contributed by atoms with Gasteiger partial charge in [0.2, 0.25) is 0 Å². The molecule has 35 heavy (non-hydrogen) atoms. The van der Waals surface area contributed by atoms with Gasteiger partial charge < -0.3 is 9.15 Å². The average Bonchev–Trinajstić information content (AvgIpc) is 3.27. The number of carbonyl (C=O) groups excluding carboxylic acids is 1. The summed E-state index contributed by atoms with van der Waals surface area (Å²) in [6.07, 6.45) is -2.58. The number of nitrogens with zero attached hydrogens (tertiary/aromatic N) is 2. The summed E-state index contributed by atoms with van der Waals surface area (Å²) in [7, 11) is 0. The van der Waals surface area contributed by atoms with E-state index in [4.69, 9.17) is 9.15 Å². The van der Waals surface area contributed by atoms with Crippen molar-refractivity contribution in [1.82, 2.24) is 4.98 Å². The zero-order valence-corrected chi connectivity index (χ0v) is 20.5. The number of alkyl halides is 3. The molecule has 0 unspecified atom stereocenters. The van der Waals surface area contributed by atoms with Crippen LogP contribution in [0.1, 0.15) is 36.1 Å². The number of carbonyl (C=O) groups is 1. The number of amides is 1. The molecular formula is C25H25F3N2O4S. The van der Waals surface area contributed by atoms with Gasteiger partial charge in [0, 0.05) is 16.5 Å². The molecule has 0 N–H and O–H groups in total. The van der Waals surface area contributed by atoms with Crippen LogP contribution >= 0.6 is 11.8 Å². The van der Waals surface area contributed by atoms with Crippen molar-refractivity contribution in [3.8, 4) is 17.0 Å². The van der Waals surface area contributed by atoms with Crippen LogP contribution in [-0.4, -0.2) is 23.3 Å². The molecule has 0 fully saturated rings. The first-order chi connectivity index (χ1) is 16.4. The summed E-state index contributed by atoms with van der Waals surface area (Å²) in [5, 5.41) is 2.95. The largest absolute Gasteiger partial charge is 0.492 e. The van der Waals surface area contributed by atoms with E-state index in [0.29, 0.717) is 41.0 Å². The third-order valence-corrected chi connectivity index (χ3v) is 6.29. The lowest BCUT2D eigenvalue weighted by Crippen LogP contribution is -2.25. The molecule has 0 aliphatic carbocycles. The summed E-state index contributed by atoms with van der Waals surface area (Å²) in [4.78, 5) is 26.7. The van der Waals surface area contributed by atoms with Gasteiger partial charge in [-0.3, -0.25) is 4.79 Å². The van der Waals surface area contributed by atoms with Crippen LogP contribution in [0, 0.1) is 24.2 Å². The number of thioether (sulfide) groups is 1. The number of halogens is 3. The van der Waals surface area contributed by atoms with Gasteiger partial charge in [0.15, 0.2) is 0 Å². The molecule has 0 spiro atoms. The van der Waals surface area contributed by atoms with Gasteiger partial charge in [-0.05, 0) is 55.2 Å². The third kappa shape index (κ3) is 6.72. The van der Waals surface area contributed by atoms with Gasteiger partial charge in [0.25, 0.3) is 11.1 Å². The normalized spacial score (nSPS) is 12.0. The highest BCUT2D eigenvalue weighted by atomic mass is 32.2. The Balaban J connectivity index is 1.55. The minimum Gasteiger partial charge on any atom is -0.492 e. The van der Waals surface area contributed by atoms with Gasteiger partial charge in [-0.1, -0.05) is 43.8 Å². The lowest BCUT2D eigenvalue weighted by Gasteiger charge is -2.21. The van der Waals surface area contributed by atoms with Crippen molar-refractivity contribution in [3.05, 3.63) is 69.8 Å². The van der Waals surface area contributed by atoms with E-state index in [0.717, 1.165) is 28.8 Å². The summed E-state index contributed by atoms with van der Waals surface area (Å²) in [6.45, 7) is 7.59. The lowest BCUT2D eigenvalue weighted by atomic mass is 9.83. The fourth-order valence-corrected chi connectivity index (χ4v) is 4.06. The third-order valence-electron chi connectivity index (χ3n) is 5.49. The maximum absolute atomic E-state index is 12.7. The molecule has 6 nitrogen and oxygen atoms in total. The Morgan fingerprint density at radius 1 is 1.11 bits per heavy atom. The first kappa shape index (κ1) is 26.5. The first-order valence-corrected chi connectivity index (χ1v) is 11.8. The van der Waals surface area contributed by atoms with Crippen LogP contribution in [0.3, 0.4) is 0 Å². The van der Waals surface area contributed by atoms with Gasteiger partial charge in [-0.25, -0.2) is 4.98 Å². The molecule has 0 radical (unpaired) electrons. The Labute approximate surface area is 205 Å². The van der Waals surface area contributed by atoms with Crippen molar-refractivity contribution >= 4 is 17.7 Å². The number of aromatic nitrogens is 1. The van der Waals surface area contributed by atoms with Gasteiger partial charge in [0.1, 0.15) is 17.7 Å². The summed E-state index contributed by atoms with van der Waals surface area (Å²) >= 11 is 1.33. The first-order valence-electron chi connectivity index (χ1n) is 10.8. The van der Waals surface area contributed by atoms with Crippen LogP contribution in [0.5, 0.6) is 5.75 Å². The maximum atomic E-state index is 12.7. The second kappa shape index (κ2) is 10.6. The smallest absolute Gasteiger partial charge is 0.416 e. The molecule has 2 aromatic carbocycles. The van der Waals surface area contributed by atoms with Crippen molar-refractivity contribution < 1.29 is 27.1 Å². The fraction of sp³-hybridized carbons (Fsp3) is 0.360. The molecule has 0 atom stereocenters. The molecule has 10 heteroatoms. The predicted octanol–water partition coefficient (Wildman–Crippen LogP) is 7.01. The van der Waals surface area contributed by atoms with E-state index in [1.54, 1.807) is 13.8 Å². The number of hydrogen-bond donors (Lipinski definition) is 0. The van der Waals surface area contributed by atoms with Gasteiger partial charge >= 0.3 is 6.18 Å². The Bertz CT molecular complexity index is 1200. The minimum atomic E-state index is -4.38. The summed E-state index contributed by atoms with van der Waals surface area (Å²) < 4.78 is 49.5. The van der Waals surface area contributed by atoms with Crippen molar-refractivity contribution in [1.29, 1.82) is 0 Å². The van der Waals surface area contributed by atoms with E-state index < -0.39 is 23.1 Å². The lowest BCUT2D eigenvalue weighted by molar-refractivity contribution is -0.137. The summed E-state index contributed by atoms with van der Waals surface area (Å²) in [6, 6.07) is 8.59. The quantitative estimate of drug-likeness (QED) is 0.176. The number of rotatable bonds is 9. The van der Waals surface area contributed by atoms with Crippen LogP contribution in [0.4, 0.5) is 13.2 Å². The van der Waals surface area contributed by atoms with Crippen LogP contribution in [-0.2, 0) is 17.4 Å². The Hall–Kier alpha value is -3.14. The number of ether oxygens (including phenoxy) is 1. The molecular weight excluding hydrogens is 481 g/mol. The Kier molecular flexibility index (Phi) is 8.04. The molecule has 3 aromatic rings. The molecule has 1 amide bonds. The molecule has 0 saturated heterocycles. The monoisotopic (exact) mass is 506 g/mol. The fourth-order valence-electron chi connectivity index (χ4n) is 3.44. The number of hydrogen-bond acceptors (Lipinski definition) is 6. The van der Waals surface area contributed by atoms with Crippen LogP contribution in [0.2, 0.25) is 0 Å². The molecule has 0 aliphatic heterocycles. The highest BCUT2D eigenvalue weighted by Crippen LogP contribution is 2.32. The second-order valence-corrected chi connectivity index (χ2v) is 9.82. The summed E-state index contributed by atoms with van der Waals surface area (Å²) in [5.41, 5.74) is 2.18. The topological polar surface area (TPSA) is 81.8 Å². The zero-order valence-electron chi connectivity index (χ0n) is 19.7. The van der Waals surface area contributed by atoms with Crippen molar-refractivity contribution in [2.24, 2.45) is 10.6 Å². The van der Waals surface area contributed by atoms with Gasteiger partial charge in [-0.15, -0.1) is 4.91 Å². The Morgan fingerprint density at radius 3 is 2.43 bits per heavy atom. The Morgan fingerprint density at radius 2 is 1.80 bits per heavy atom. The molecule has 0 aliphatic rings. The van der Waals surface area contributed by atoms with E-state index in [2.05, 4.69) is 10.2 Å². The van der Waals surface area contributed by atoms with Crippen LogP contribution in [0.15, 0.2) is 57.5 Å². The van der Waals surface area contributed by atoms with E-state index in [1.807, 2.05) is 26.0 Å². The highest BCUT2D eigenvalue weighted by molar-refractivity contribution is 7.99. The summed E-state index contributed by atoms with van der Waals surface area (Å²) in [5.74, 6) is 0.571. The van der Waals surface area contributed by atoms with Crippen molar-refractivity contribution in [2.45, 2.75) is 45.5 Å².